The summed E-state index contributed by atoms with van der Waals surface area (Å²) in [4.78, 5) is 29.0. The number of nitrogens with zero attached hydrogens (tertiary/aromatic N) is 2. The number of amides is 1. The molecule has 3 aromatic rings. The van der Waals surface area contributed by atoms with Crippen LogP contribution >= 0.6 is 0 Å². The SMILES string of the molecule is COc1cccc(CNC(=O)c2nn(-c3ccc(F)cc3)c(CCC(O)CC(O)CC(=O)O[NH3+])c2C(C)C)c1. The standard InChI is InChI=1S/C28H35FN4O6/c1-17(2)26-24(12-11-21(34)14-22(35)15-25(36)39-30)33(20-9-7-19(29)8-10-20)32-27(26)28(37)31-16-18-5-4-6-23(13-18)38-3/h4-10,13,17,21-22,34-35H,11-12,14-16H2,1-3,30H3/p+1. The number of rotatable bonds is 13. The predicted octanol–water partition coefficient (Wildman–Crippen LogP) is 2.21. The molecule has 0 radical (unpaired) electrons. The highest BCUT2D eigenvalue weighted by Crippen LogP contribution is 2.28. The molecule has 0 saturated heterocycles. The molecule has 2 unspecified atom stereocenters. The zero-order chi connectivity index (χ0) is 28.5. The van der Waals surface area contributed by atoms with E-state index in [9.17, 15) is 24.2 Å². The molecule has 0 bridgehead atoms. The Labute approximate surface area is 226 Å². The van der Waals surface area contributed by atoms with Gasteiger partial charge in [0.05, 0.1) is 31.4 Å². The topological polar surface area (TPSA) is 151 Å². The number of hydrogen-bond donors (Lipinski definition) is 4. The maximum atomic E-state index is 13.7. The largest absolute Gasteiger partial charge is 0.497 e. The highest BCUT2D eigenvalue weighted by molar-refractivity contribution is 5.94. The van der Waals surface area contributed by atoms with Crippen molar-refractivity contribution in [3.05, 3.63) is 76.9 Å². The quantitative estimate of drug-likeness (QED) is 0.241. The van der Waals surface area contributed by atoms with Gasteiger partial charge in [-0.1, -0.05) is 26.0 Å². The van der Waals surface area contributed by atoms with Gasteiger partial charge in [-0.25, -0.2) is 13.9 Å². The van der Waals surface area contributed by atoms with Crippen molar-refractivity contribution in [3.63, 3.8) is 0 Å². The number of ether oxygens (including phenoxy) is 1. The number of benzene rings is 2. The number of hydrogen-bond acceptors (Lipinski definition) is 7. The van der Waals surface area contributed by atoms with Crippen molar-refractivity contribution in [2.24, 2.45) is 0 Å². The number of carbonyl (C=O) groups excluding carboxylic acids is 2. The van der Waals surface area contributed by atoms with E-state index in [4.69, 9.17) is 4.74 Å². The van der Waals surface area contributed by atoms with E-state index in [0.29, 0.717) is 29.1 Å². The molecule has 0 fully saturated rings. The summed E-state index contributed by atoms with van der Waals surface area (Å²) in [6, 6.07) is 13.1. The third-order valence-electron chi connectivity index (χ3n) is 6.29. The van der Waals surface area contributed by atoms with E-state index in [1.807, 2.05) is 38.1 Å². The zero-order valence-electron chi connectivity index (χ0n) is 22.4. The van der Waals surface area contributed by atoms with E-state index in [1.165, 1.54) is 12.1 Å². The first-order chi connectivity index (χ1) is 18.6. The van der Waals surface area contributed by atoms with E-state index >= 15 is 0 Å². The zero-order valence-corrected chi connectivity index (χ0v) is 22.4. The summed E-state index contributed by atoms with van der Waals surface area (Å²) in [7, 11) is 1.57. The molecular formula is C28H36FN4O6+. The van der Waals surface area contributed by atoms with E-state index in [-0.39, 0.29) is 43.3 Å². The van der Waals surface area contributed by atoms with E-state index in [2.05, 4.69) is 21.2 Å². The van der Waals surface area contributed by atoms with Gasteiger partial charge in [0, 0.05) is 17.8 Å². The molecule has 10 nitrogen and oxygen atoms in total. The van der Waals surface area contributed by atoms with Crippen LogP contribution in [0.5, 0.6) is 5.75 Å². The molecule has 1 aromatic heterocycles. The highest BCUT2D eigenvalue weighted by atomic mass is 19.1. The Kier molecular flexibility index (Phi) is 10.6. The maximum absolute atomic E-state index is 13.7. The number of quaternary nitrogens is 1. The first-order valence-corrected chi connectivity index (χ1v) is 12.7. The third kappa shape index (κ3) is 8.09. The number of halogens is 1. The second kappa shape index (κ2) is 13.8. The minimum absolute atomic E-state index is 0.0370. The molecule has 3 rings (SSSR count). The summed E-state index contributed by atoms with van der Waals surface area (Å²) in [6.45, 7) is 4.15. The lowest BCUT2D eigenvalue weighted by Crippen LogP contribution is -2.51. The van der Waals surface area contributed by atoms with Crippen molar-refractivity contribution in [1.82, 2.24) is 15.1 Å². The average molecular weight is 544 g/mol. The lowest BCUT2D eigenvalue weighted by molar-refractivity contribution is -0.657. The first-order valence-electron chi connectivity index (χ1n) is 12.7. The Morgan fingerprint density at radius 2 is 1.85 bits per heavy atom. The van der Waals surface area contributed by atoms with E-state index < -0.39 is 24.0 Å². The normalized spacial score (nSPS) is 12.7. The molecule has 1 heterocycles. The summed E-state index contributed by atoms with van der Waals surface area (Å²) in [5.41, 5.74) is 3.05. The van der Waals surface area contributed by atoms with Gasteiger partial charge in [0.1, 0.15) is 11.6 Å². The summed E-state index contributed by atoms with van der Waals surface area (Å²) in [5.74, 6) is 2.16. The first kappa shape index (κ1) is 29.8. The van der Waals surface area contributed by atoms with Crippen LogP contribution in [-0.4, -0.2) is 51.2 Å². The summed E-state index contributed by atoms with van der Waals surface area (Å²) < 4.78 is 20.5. The van der Waals surface area contributed by atoms with Gasteiger partial charge in [0.2, 0.25) is 0 Å². The van der Waals surface area contributed by atoms with Crippen LogP contribution in [0.1, 0.15) is 66.3 Å². The molecular weight excluding hydrogens is 507 g/mol. The molecule has 0 spiro atoms. The van der Waals surface area contributed by atoms with Crippen LogP contribution in [0.15, 0.2) is 48.5 Å². The Hall–Kier alpha value is -3.80. The Bertz CT molecular complexity index is 1260. The minimum atomic E-state index is -1.08. The monoisotopic (exact) mass is 543 g/mol. The van der Waals surface area contributed by atoms with Crippen LogP contribution < -0.4 is 16.0 Å². The fourth-order valence-electron chi connectivity index (χ4n) is 4.39. The van der Waals surface area contributed by atoms with Crippen molar-refractivity contribution in [3.8, 4) is 11.4 Å². The molecule has 2 atom stereocenters. The molecule has 11 heteroatoms. The fourth-order valence-corrected chi connectivity index (χ4v) is 4.39. The molecule has 210 valence electrons. The van der Waals surface area contributed by atoms with Crippen molar-refractivity contribution >= 4 is 11.9 Å². The second-order valence-electron chi connectivity index (χ2n) is 9.59. The van der Waals surface area contributed by atoms with Gasteiger partial charge < -0.3 is 20.3 Å². The molecule has 0 saturated carbocycles. The summed E-state index contributed by atoms with van der Waals surface area (Å²) >= 11 is 0. The van der Waals surface area contributed by atoms with E-state index in [1.54, 1.807) is 23.9 Å². The Balaban J connectivity index is 1.88. The third-order valence-corrected chi connectivity index (χ3v) is 6.29. The lowest BCUT2D eigenvalue weighted by atomic mass is 9.95. The number of methoxy groups -OCH3 is 1. The average Bonchev–Trinajstić information content (AvgIpc) is 3.30. The summed E-state index contributed by atoms with van der Waals surface area (Å²) in [5, 5.41) is 28.2. The van der Waals surface area contributed by atoms with Crippen LogP contribution in [0.2, 0.25) is 0 Å². The molecule has 0 aliphatic rings. The Morgan fingerprint density at radius 3 is 2.49 bits per heavy atom. The van der Waals surface area contributed by atoms with Crippen molar-refractivity contribution in [2.75, 3.05) is 7.11 Å². The van der Waals surface area contributed by atoms with E-state index in [0.717, 1.165) is 5.56 Å². The van der Waals surface area contributed by atoms with Gasteiger partial charge in [-0.05, 0) is 67.1 Å². The lowest BCUT2D eigenvalue weighted by Gasteiger charge is -2.17. The van der Waals surface area contributed by atoms with Gasteiger partial charge in [-0.15, -0.1) is 0 Å². The molecule has 1 amide bonds. The fraction of sp³-hybridized carbons (Fsp3) is 0.393. The van der Waals surface area contributed by atoms with Crippen molar-refractivity contribution < 1.29 is 39.7 Å². The molecule has 6 N–H and O–H groups in total. The van der Waals surface area contributed by atoms with Crippen LogP contribution in [0, 0.1) is 5.82 Å². The number of aliphatic hydroxyl groups excluding tert-OH is 2. The summed E-state index contributed by atoms with van der Waals surface area (Å²) in [6.07, 6.45) is -1.78. The molecule has 2 aromatic carbocycles. The minimum Gasteiger partial charge on any atom is -0.497 e. The van der Waals surface area contributed by atoms with Crippen molar-refractivity contribution in [1.29, 1.82) is 0 Å². The van der Waals surface area contributed by atoms with Gasteiger partial charge in [-0.3, -0.25) is 9.63 Å². The van der Waals surface area contributed by atoms with Gasteiger partial charge in [0.25, 0.3) is 5.91 Å². The van der Waals surface area contributed by atoms with Gasteiger partial charge >= 0.3 is 5.97 Å². The predicted molar refractivity (Wildman–Crippen MR) is 140 cm³/mol. The van der Waals surface area contributed by atoms with Gasteiger partial charge in [-0.2, -0.15) is 11.0 Å². The number of aliphatic hydroxyl groups is 2. The number of carbonyl (C=O) groups is 2. The van der Waals surface area contributed by atoms with Crippen LogP contribution in [-0.2, 0) is 22.6 Å². The van der Waals surface area contributed by atoms with Gasteiger partial charge in [0.15, 0.2) is 5.69 Å². The number of nitrogens with one attached hydrogen (secondary N) is 1. The second-order valence-corrected chi connectivity index (χ2v) is 9.59. The van der Waals surface area contributed by atoms with Crippen LogP contribution in [0.25, 0.3) is 5.69 Å². The number of aromatic nitrogens is 2. The molecule has 39 heavy (non-hydrogen) atoms. The maximum Gasteiger partial charge on any atom is 0.368 e. The van der Waals surface area contributed by atoms with Crippen molar-refractivity contribution in [2.45, 2.75) is 64.2 Å². The Morgan fingerprint density at radius 1 is 1.13 bits per heavy atom. The highest BCUT2D eigenvalue weighted by Gasteiger charge is 2.26. The van der Waals surface area contributed by atoms with Crippen LogP contribution in [0.3, 0.4) is 0 Å². The molecule has 0 aliphatic heterocycles. The smallest absolute Gasteiger partial charge is 0.368 e. The van der Waals surface area contributed by atoms with Crippen LogP contribution in [0.4, 0.5) is 4.39 Å². The molecule has 0 aliphatic carbocycles.